The zero-order valence-electron chi connectivity index (χ0n) is 71.0. The van der Waals surface area contributed by atoms with Crippen molar-refractivity contribution in [3.05, 3.63) is 449 Å². The fourth-order valence-electron chi connectivity index (χ4n) is 19.9. The number of hydrogen-bond donors (Lipinski definition) is 0. The second-order valence-corrected chi connectivity index (χ2v) is 33.5. The molecule has 8 aromatic heterocycles. The van der Waals surface area contributed by atoms with E-state index in [4.69, 9.17) is 38.7 Å². The van der Waals surface area contributed by atoms with Crippen molar-refractivity contribution in [1.82, 2.24) is 48.2 Å². The Hall–Kier alpha value is -18.0. The molecule has 0 spiro atoms. The Morgan fingerprint density at radius 1 is 0.144 bits per heavy atom. The monoisotopic (exact) mass is 1690 g/mol. The Bertz CT molecular complexity index is 9160. The second-order valence-electron chi connectivity index (χ2n) is 33.5. The average Bonchev–Trinajstić information content (AvgIpc) is 1.55. The summed E-state index contributed by atoms with van der Waals surface area (Å²) in [6.07, 6.45) is 0. The molecule has 0 aliphatic rings. The second kappa shape index (κ2) is 31.0. The molecule has 0 saturated heterocycles. The van der Waals surface area contributed by atoms with E-state index in [-0.39, 0.29) is 0 Å². The van der Waals surface area contributed by atoms with Crippen molar-refractivity contribution in [3.8, 4) is 124 Å². The minimum Gasteiger partial charge on any atom is -0.453 e. The average molecular weight is 1690 g/mol. The van der Waals surface area contributed by atoms with Crippen molar-refractivity contribution >= 4 is 131 Å². The number of nitrogens with zero attached hydrogens (tertiary/aromatic N) is 10. The van der Waals surface area contributed by atoms with Crippen LogP contribution in [-0.4, -0.2) is 48.2 Å². The van der Waals surface area contributed by atoms with Crippen LogP contribution in [0.1, 0.15) is 0 Å². The minimum absolute atomic E-state index is 0.618. The Kier molecular flexibility index (Phi) is 17.7. The molecule has 0 saturated carbocycles. The summed E-state index contributed by atoms with van der Waals surface area (Å²) in [6.45, 7) is 0. The van der Waals surface area contributed by atoms with Crippen LogP contribution in [0.2, 0.25) is 0 Å². The molecule has 12 heteroatoms. The number of aromatic nitrogens is 10. The third kappa shape index (κ3) is 12.5. The molecular formula is C120H74N10O2. The van der Waals surface area contributed by atoms with Crippen molar-refractivity contribution in [3.63, 3.8) is 0 Å². The predicted octanol–water partition coefficient (Wildman–Crippen LogP) is 30.9. The van der Waals surface area contributed by atoms with Crippen LogP contribution in [0.25, 0.3) is 256 Å². The van der Waals surface area contributed by atoms with Crippen molar-refractivity contribution in [1.29, 1.82) is 0 Å². The van der Waals surface area contributed by atoms with Crippen LogP contribution < -0.4 is 0 Å². The lowest BCUT2D eigenvalue weighted by Gasteiger charge is -2.12. The third-order valence-electron chi connectivity index (χ3n) is 25.9. The Morgan fingerprint density at radius 3 is 0.795 bits per heavy atom. The van der Waals surface area contributed by atoms with Gasteiger partial charge in [0.1, 0.15) is 11.2 Å². The SMILES string of the molecule is c1ccc(-c2nc(-c3ccccc3)nc(-c3cccc(-c4cccc(-n5c6ccccc6c6cc(-c7cccc8c7oc7c8ccc8c9ccccc9n(-c9ccccc9)c87)ccc65)c4)c3)n2)cc1.c1ccc(-c2nc(-c3ccccc3)nc(-c3cccc(-n4c5ccccc5c5cc(-c6cccc7c6oc6c7ccc7c8ccccc8n(-c8ccccc8)c76)ccc54)c3)n2)cc1. The molecule has 616 valence electrons. The molecule has 12 nitrogen and oxygen atoms in total. The van der Waals surface area contributed by atoms with Gasteiger partial charge in [0.15, 0.2) is 46.1 Å². The van der Waals surface area contributed by atoms with Crippen LogP contribution in [-0.2, 0) is 0 Å². The number of rotatable bonds is 13. The number of furan rings is 2. The highest BCUT2D eigenvalue weighted by atomic mass is 16.3. The maximum Gasteiger partial charge on any atom is 0.164 e. The Morgan fingerprint density at radius 2 is 0.402 bits per heavy atom. The van der Waals surface area contributed by atoms with Gasteiger partial charge in [-0.15, -0.1) is 0 Å². The summed E-state index contributed by atoms with van der Waals surface area (Å²) >= 11 is 0. The first-order valence-electron chi connectivity index (χ1n) is 44.5. The van der Waals surface area contributed by atoms with Gasteiger partial charge in [-0.05, 0) is 138 Å². The first-order chi connectivity index (χ1) is 65.5. The van der Waals surface area contributed by atoms with E-state index in [2.05, 4.69) is 346 Å². The molecule has 0 radical (unpaired) electrons. The standard InChI is InChI=1S/C63H39N5O.C57H35N5O/c1-4-17-40(18-5-1)61-64-62(41-19-6-2-7-20-41)66-63(65-61)45-23-14-21-42(37-45)43-22-15-26-47(38-43)67-55-31-12-11-28-50(55)54-39-44(33-36-57(54)67)48-29-16-30-52-53-35-34-51-49-27-10-13-32-56(49)68(46-24-8-3-9-25-46)58(51)60(53)69-59(48)52;1-4-16-36(17-5-1)55-58-56(37-18-6-2-7-19-37)60-57(59-55)39-20-14-23-41(34-39)61-49-28-12-11-25-44(49)48-35-38(30-33-51(48)61)42-26-15-27-46-47-32-31-45-43-24-10-13-29-50(43)62(40-21-8-3-9-22-40)52(45)54(47)63-53(42)46/h1-39H;1-35H. The van der Waals surface area contributed by atoms with Gasteiger partial charge in [0, 0.05) is 132 Å². The van der Waals surface area contributed by atoms with Crippen LogP contribution in [0, 0.1) is 0 Å². The summed E-state index contributed by atoms with van der Waals surface area (Å²) in [4.78, 5) is 29.9. The van der Waals surface area contributed by atoms with Crippen molar-refractivity contribution < 1.29 is 8.83 Å². The van der Waals surface area contributed by atoms with Gasteiger partial charge in [-0.2, -0.15) is 0 Å². The molecule has 0 unspecified atom stereocenters. The summed E-state index contributed by atoms with van der Waals surface area (Å²) in [5, 5.41) is 13.8. The lowest BCUT2D eigenvalue weighted by molar-refractivity contribution is 0.672. The van der Waals surface area contributed by atoms with E-state index in [1.807, 2.05) is 121 Å². The molecule has 27 rings (SSSR count). The van der Waals surface area contributed by atoms with Gasteiger partial charge in [0.2, 0.25) is 0 Å². The molecule has 0 bridgehead atoms. The highest BCUT2D eigenvalue weighted by Gasteiger charge is 2.27. The molecule has 132 heavy (non-hydrogen) atoms. The molecule has 8 heterocycles. The number of benzene rings is 19. The first-order valence-corrected chi connectivity index (χ1v) is 44.5. The van der Waals surface area contributed by atoms with E-state index < -0.39 is 0 Å². The minimum atomic E-state index is 0.618. The van der Waals surface area contributed by atoms with Crippen LogP contribution in [0.15, 0.2) is 458 Å². The van der Waals surface area contributed by atoms with Gasteiger partial charge in [-0.25, -0.2) is 29.9 Å². The van der Waals surface area contributed by atoms with E-state index in [0.29, 0.717) is 34.9 Å². The largest absolute Gasteiger partial charge is 0.453 e. The highest BCUT2D eigenvalue weighted by molar-refractivity contribution is 6.25. The molecule has 0 atom stereocenters. The predicted molar refractivity (Wildman–Crippen MR) is 540 cm³/mol. The van der Waals surface area contributed by atoms with Crippen molar-refractivity contribution in [2.45, 2.75) is 0 Å². The van der Waals surface area contributed by atoms with Crippen LogP contribution in [0.3, 0.4) is 0 Å². The van der Waals surface area contributed by atoms with Crippen LogP contribution >= 0.6 is 0 Å². The molecule has 0 aliphatic heterocycles. The number of fused-ring (bicyclic) bond motifs is 20. The maximum absolute atomic E-state index is 7.12. The van der Waals surface area contributed by atoms with Gasteiger partial charge < -0.3 is 27.1 Å². The Balaban J connectivity index is 0.000000139. The lowest BCUT2D eigenvalue weighted by atomic mass is 10.00. The summed E-state index contributed by atoms with van der Waals surface area (Å²) < 4.78 is 23.6. The normalized spacial score (nSPS) is 11.8. The van der Waals surface area contributed by atoms with E-state index in [1.165, 1.54) is 37.7 Å². The zero-order valence-corrected chi connectivity index (χ0v) is 71.0. The Labute approximate surface area is 756 Å². The fraction of sp³-hybridized carbons (Fsp3) is 0. The topological polar surface area (TPSA) is 123 Å². The molecule has 0 fully saturated rings. The van der Waals surface area contributed by atoms with E-state index in [0.717, 1.165) is 183 Å². The highest BCUT2D eigenvalue weighted by Crippen LogP contribution is 2.48. The van der Waals surface area contributed by atoms with E-state index in [1.54, 1.807) is 0 Å². The molecule has 0 amide bonds. The lowest BCUT2D eigenvalue weighted by Crippen LogP contribution is -2.01. The van der Waals surface area contributed by atoms with E-state index >= 15 is 0 Å². The van der Waals surface area contributed by atoms with Gasteiger partial charge in [0.25, 0.3) is 0 Å². The molecule has 0 aliphatic carbocycles. The maximum atomic E-state index is 7.12. The van der Waals surface area contributed by atoms with E-state index in [9.17, 15) is 0 Å². The van der Waals surface area contributed by atoms with Crippen molar-refractivity contribution in [2.75, 3.05) is 0 Å². The third-order valence-corrected chi connectivity index (χ3v) is 25.9. The van der Waals surface area contributed by atoms with Gasteiger partial charge in [0.05, 0.1) is 44.1 Å². The fourth-order valence-corrected chi connectivity index (χ4v) is 19.9. The summed E-state index contributed by atoms with van der Waals surface area (Å²) in [7, 11) is 0. The van der Waals surface area contributed by atoms with Crippen LogP contribution in [0.4, 0.5) is 0 Å². The van der Waals surface area contributed by atoms with Gasteiger partial charge in [-0.1, -0.05) is 334 Å². The molecule has 27 aromatic rings. The van der Waals surface area contributed by atoms with Crippen LogP contribution in [0.5, 0.6) is 0 Å². The smallest absolute Gasteiger partial charge is 0.164 e. The summed E-state index contributed by atoms with van der Waals surface area (Å²) in [6, 6.07) is 158. The zero-order chi connectivity index (χ0) is 86.9. The van der Waals surface area contributed by atoms with Gasteiger partial charge in [-0.3, -0.25) is 0 Å². The molecule has 0 N–H and O–H groups in total. The molecular weight excluding hydrogens is 1610 g/mol. The first kappa shape index (κ1) is 75.3. The summed E-state index contributed by atoms with van der Waals surface area (Å²) in [5.74, 6) is 3.79. The quantitative estimate of drug-likeness (QED) is 0.112. The number of hydrogen-bond acceptors (Lipinski definition) is 8. The summed E-state index contributed by atoms with van der Waals surface area (Å²) in [5.41, 5.74) is 28.8. The molecule has 19 aromatic carbocycles. The van der Waals surface area contributed by atoms with Crippen molar-refractivity contribution in [2.24, 2.45) is 0 Å². The van der Waals surface area contributed by atoms with Gasteiger partial charge >= 0.3 is 0 Å². The number of para-hydroxylation sites is 8.